The molecule has 0 aliphatic heterocycles. The fraction of sp³-hybridized carbons (Fsp3) is 0.400. The van der Waals surface area contributed by atoms with Gasteiger partial charge in [0.15, 0.2) is 11.5 Å². The summed E-state index contributed by atoms with van der Waals surface area (Å²) >= 11 is 0. The van der Waals surface area contributed by atoms with E-state index < -0.39 is 0 Å². The molecule has 0 saturated heterocycles. The first-order valence-corrected chi connectivity index (χ1v) is 6.53. The zero-order valence-corrected chi connectivity index (χ0v) is 11.9. The highest BCUT2D eigenvalue weighted by atomic mass is 16.5. The van der Waals surface area contributed by atoms with Crippen molar-refractivity contribution in [1.82, 2.24) is 9.55 Å². The summed E-state index contributed by atoms with van der Waals surface area (Å²) < 4.78 is 13.4. The molecule has 0 radical (unpaired) electrons. The molecule has 0 saturated carbocycles. The van der Waals surface area contributed by atoms with Crippen LogP contribution < -0.4 is 9.47 Å². The third-order valence-corrected chi connectivity index (χ3v) is 2.69. The number of rotatable bonds is 5. The van der Waals surface area contributed by atoms with Crippen LogP contribution >= 0.6 is 0 Å². The van der Waals surface area contributed by atoms with Crippen molar-refractivity contribution in [2.75, 3.05) is 6.61 Å². The largest absolute Gasteiger partial charge is 0.490 e. The second-order valence-electron chi connectivity index (χ2n) is 4.62. The molecule has 0 fully saturated rings. The van der Waals surface area contributed by atoms with Crippen LogP contribution in [-0.4, -0.2) is 22.3 Å². The van der Waals surface area contributed by atoms with E-state index in [1.165, 1.54) is 0 Å². The van der Waals surface area contributed by atoms with Crippen LogP contribution in [0.2, 0.25) is 0 Å². The second kappa shape index (κ2) is 5.78. The molecule has 4 heteroatoms. The zero-order valence-electron chi connectivity index (χ0n) is 11.9. The highest BCUT2D eigenvalue weighted by Crippen LogP contribution is 2.32. The predicted molar refractivity (Wildman–Crippen MR) is 75.6 cm³/mol. The number of benzene rings is 1. The minimum atomic E-state index is 0.123. The number of aromatic nitrogens is 2. The number of hydrogen-bond acceptors (Lipinski definition) is 3. The van der Waals surface area contributed by atoms with Gasteiger partial charge < -0.3 is 14.0 Å². The smallest absolute Gasteiger partial charge is 0.161 e. The first-order chi connectivity index (χ1) is 9.11. The first kappa shape index (κ1) is 13.5. The monoisotopic (exact) mass is 260 g/mol. The minimum absolute atomic E-state index is 0.123. The van der Waals surface area contributed by atoms with E-state index in [9.17, 15) is 0 Å². The number of imidazole rings is 1. The van der Waals surface area contributed by atoms with Crippen LogP contribution in [0.15, 0.2) is 30.6 Å². The van der Waals surface area contributed by atoms with Gasteiger partial charge in [0.1, 0.15) is 5.82 Å². The van der Waals surface area contributed by atoms with Crippen LogP contribution in [-0.2, 0) is 7.05 Å². The summed E-state index contributed by atoms with van der Waals surface area (Å²) in [5.41, 5.74) is 1.02. The summed E-state index contributed by atoms with van der Waals surface area (Å²) in [6.45, 7) is 6.58. The fourth-order valence-corrected chi connectivity index (χ4v) is 1.91. The van der Waals surface area contributed by atoms with Crippen LogP contribution in [0.5, 0.6) is 11.5 Å². The van der Waals surface area contributed by atoms with Crippen molar-refractivity contribution in [2.24, 2.45) is 7.05 Å². The van der Waals surface area contributed by atoms with Gasteiger partial charge in [-0.25, -0.2) is 4.98 Å². The molecule has 1 heterocycles. The average Bonchev–Trinajstić information content (AvgIpc) is 2.77. The molecule has 0 amide bonds. The van der Waals surface area contributed by atoms with Gasteiger partial charge in [-0.1, -0.05) is 0 Å². The number of hydrogen-bond donors (Lipinski definition) is 0. The summed E-state index contributed by atoms with van der Waals surface area (Å²) in [5, 5.41) is 0. The van der Waals surface area contributed by atoms with Crippen molar-refractivity contribution < 1.29 is 9.47 Å². The summed E-state index contributed by atoms with van der Waals surface area (Å²) in [4.78, 5) is 4.34. The molecular weight excluding hydrogens is 240 g/mol. The van der Waals surface area contributed by atoms with Gasteiger partial charge in [-0.15, -0.1) is 0 Å². The van der Waals surface area contributed by atoms with E-state index in [0.717, 1.165) is 22.9 Å². The maximum atomic E-state index is 5.75. The fourth-order valence-electron chi connectivity index (χ4n) is 1.91. The number of aryl methyl sites for hydroxylation is 1. The van der Waals surface area contributed by atoms with E-state index >= 15 is 0 Å². The summed E-state index contributed by atoms with van der Waals surface area (Å²) in [7, 11) is 1.97. The van der Waals surface area contributed by atoms with E-state index in [0.29, 0.717) is 6.61 Å². The second-order valence-corrected chi connectivity index (χ2v) is 4.62. The molecule has 0 unspecified atom stereocenters. The Hall–Kier alpha value is -1.97. The molecule has 2 rings (SSSR count). The van der Waals surface area contributed by atoms with Crippen LogP contribution in [0.25, 0.3) is 11.4 Å². The van der Waals surface area contributed by atoms with E-state index in [2.05, 4.69) is 4.98 Å². The predicted octanol–water partition coefficient (Wildman–Crippen LogP) is 3.27. The SMILES string of the molecule is CCOc1cc(-c2nccn2C)ccc1OC(C)C. The maximum absolute atomic E-state index is 5.75. The molecule has 0 bridgehead atoms. The van der Waals surface area contributed by atoms with Gasteiger partial charge in [0, 0.05) is 25.0 Å². The molecule has 1 aromatic carbocycles. The zero-order chi connectivity index (χ0) is 13.8. The Bertz CT molecular complexity index is 547. The lowest BCUT2D eigenvalue weighted by Gasteiger charge is -2.15. The average molecular weight is 260 g/mol. The van der Waals surface area contributed by atoms with Crippen LogP contribution in [0.3, 0.4) is 0 Å². The van der Waals surface area contributed by atoms with E-state index in [4.69, 9.17) is 9.47 Å². The molecule has 4 nitrogen and oxygen atoms in total. The minimum Gasteiger partial charge on any atom is -0.490 e. The Kier molecular flexibility index (Phi) is 4.10. The molecule has 0 aliphatic carbocycles. The lowest BCUT2D eigenvalue weighted by Crippen LogP contribution is -2.07. The van der Waals surface area contributed by atoms with Gasteiger partial charge in [-0.05, 0) is 39.0 Å². The lowest BCUT2D eigenvalue weighted by atomic mass is 10.2. The molecule has 102 valence electrons. The topological polar surface area (TPSA) is 36.3 Å². The van der Waals surface area contributed by atoms with Gasteiger partial charge in [-0.2, -0.15) is 0 Å². The maximum Gasteiger partial charge on any atom is 0.161 e. The highest BCUT2D eigenvalue weighted by Gasteiger charge is 2.11. The molecular formula is C15H20N2O2. The third kappa shape index (κ3) is 3.08. The molecule has 0 N–H and O–H groups in total. The Morgan fingerprint density at radius 3 is 2.63 bits per heavy atom. The summed E-state index contributed by atoms with van der Waals surface area (Å²) in [6.07, 6.45) is 3.83. The lowest BCUT2D eigenvalue weighted by molar-refractivity contribution is 0.224. The highest BCUT2D eigenvalue weighted by molar-refractivity contribution is 5.61. The first-order valence-electron chi connectivity index (χ1n) is 6.53. The Labute approximate surface area is 114 Å². The van der Waals surface area contributed by atoms with Gasteiger partial charge in [-0.3, -0.25) is 0 Å². The summed E-state index contributed by atoms with van der Waals surface area (Å²) in [6, 6.07) is 5.92. The van der Waals surface area contributed by atoms with Crippen LogP contribution in [0.4, 0.5) is 0 Å². The van der Waals surface area contributed by atoms with Gasteiger partial charge in [0.05, 0.1) is 12.7 Å². The molecule has 2 aromatic rings. The van der Waals surface area contributed by atoms with Crippen molar-refractivity contribution in [2.45, 2.75) is 26.9 Å². The summed E-state index contributed by atoms with van der Waals surface area (Å²) in [5.74, 6) is 2.45. The number of ether oxygens (including phenoxy) is 2. The molecule has 1 aromatic heterocycles. The van der Waals surface area contributed by atoms with E-state index in [-0.39, 0.29) is 6.10 Å². The Morgan fingerprint density at radius 1 is 1.26 bits per heavy atom. The standard InChI is InChI=1S/C15H20N2O2/c1-5-18-14-10-12(15-16-8-9-17(15)4)6-7-13(14)19-11(2)3/h6-11H,5H2,1-4H3. The number of nitrogens with zero attached hydrogens (tertiary/aromatic N) is 2. The van der Waals surface area contributed by atoms with Crippen LogP contribution in [0.1, 0.15) is 20.8 Å². The molecule has 0 spiro atoms. The molecule has 0 aliphatic rings. The van der Waals surface area contributed by atoms with Crippen LogP contribution in [0, 0.1) is 0 Å². The molecule has 19 heavy (non-hydrogen) atoms. The van der Waals surface area contributed by atoms with Crippen molar-refractivity contribution in [3.05, 3.63) is 30.6 Å². The Morgan fingerprint density at radius 2 is 2.05 bits per heavy atom. The van der Waals surface area contributed by atoms with Gasteiger partial charge >= 0.3 is 0 Å². The van der Waals surface area contributed by atoms with E-state index in [1.807, 2.05) is 56.8 Å². The van der Waals surface area contributed by atoms with Crippen molar-refractivity contribution >= 4 is 0 Å². The van der Waals surface area contributed by atoms with Crippen molar-refractivity contribution in [3.63, 3.8) is 0 Å². The quantitative estimate of drug-likeness (QED) is 0.827. The Balaban J connectivity index is 2.38. The van der Waals surface area contributed by atoms with Gasteiger partial charge in [0.25, 0.3) is 0 Å². The van der Waals surface area contributed by atoms with Crippen molar-refractivity contribution in [1.29, 1.82) is 0 Å². The normalized spacial score (nSPS) is 10.8. The molecule has 0 atom stereocenters. The van der Waals surface area contributed by atoms with E-state index in [1.54, 1.807) is 6.20 Å². The third-order valence-electron chi connectivity index (χ3n) is 2.69. The van der Waals surface area contributed by atoms with Gasteiger partial charge in [0.2, 0.25) is 0 Å². The van der Waals surface area contributed by atoms with Crippen molar-refractivity contribution in [3.8, 4) is 22.9 Å².